The second-order valence-corrected chi connectivity index (χ2v) is 5.07. The van der Waals surface area contributed by atoms with E-state index in [0.717, 1.165) is 5.56 Å². The van der Waals surface area contributed by atoms with Crippen molar-refractivity contribution in [2.24, 2.45) is 0 Å². The molecule has 0 aliphatic rings. The van der Waals surface area contributed by atoms with Crippen LogP contribution in [0.1, 0.15) is 16.1 Å². The fourth-order valence-electron chi connectivity index (χ4n) is 2.21. The summed E-state index contributed by atoms with van der Waals surface area (Å²) in [5.74, 6) is 0.626. The zero-order valence-corrected chi connectivity index (χ0v) is 12.2. The predicted octanol–water partition coefficient (Wildman–Crippen LogP) is 3.29. The first-order chi connectivity index (χ1) is 11.1. The van der Waals surface area contributed by atoms with Gasteiger partial charge in [0.1, 0.15) is 17.3 Å². The largest absolute Gasteiger partial charge is 0.508 e. The molecule has 3 rings (SSSR count). The van der Waals surface area contributed by atoms with Crippen LogP contribution in [-0.2, 0) is 6.54 Å². The number of benzene rings is 2. The summed E-state index contributed by atoms with van der Waals surface area (Å²) in [4.78, 5) is 12.1. The third-order valence-electron chi connectivity index (χ3n) is 3.32. The number of hydrogen-bond acceptors (Lipinski definition) is 4. The molecule has 5 nitrogen and oxygen atoms in total. The number of phenolic OH excluding ortho intramolecular Hbond substituents is 2. The van der Waals surface area contributed by atoms with Crippen molar-refractivity contribution in [2.45, 2.75) is 6.54 Å². The van der Waals surface area contributed by atoms with Gasteiger partial charge in [-0.25, -0.2) is 0 Å². The molecule has 23 heavy (non-hydrogen) atoms. The van der Waals surface area contributed by atoms with Crippen LogP contribution in [0, 0.1) is 0 Å². The second kappa shape index (κ2) is 6.27. The first kappa shape index (κ1) is 14.7. The van der Waals surface area contributed by atoms with Gasteiger partial charge in [0.2, 0.25) is 0 Å². The van der Waals surface area contributed by atoms with Crippen LogP contribution < -0.4 is 5.32 Å². The minimum atomic E-state index is -0.347. The summed E-state index contributed by atoms with van der Waals surface area (Å²) in [6, 6.07) is 16.5. The molecule has 3 N–H and O–H groups in total. The van der Waals surface area contributed by atoms with Crippen molar-refractivity contribution in [3.05, 3.63) is 72.0 Å². The van der Waals surface area contributed by atoms with Gasteiger partial charge in [0.25, 0.3) is 5.91 Å². The molecular formula is C18H15NO4. The first-order valence-electron chi connectivity index (χ1n) is 7.07. The van der Waals surface area contributed by atoms with E-state index in [4.69, 9.17) is 4.42 Å². The summed E-state index contributed by atoms with van der Waals surface area (Å²) in [6.45, 7) is 0.287. The van der Waals surface area contributed by atoms with Crippen LogP contribution in [0.3, 0.4) is 0 Å². The quantitative estimate of drug-likeness (QED) is 0.690. The van der Waals surface area contributed by atoms with Crippen LogP contribution in [0.15, 0.2) is 65.1 Å². The van der Waals surface area contributed by atoms with Gasteiger partial charge in [-0.15, -0.1) is 0 Å². The highest BCUT2D eigenvalue weighted by Crippen LogP contribution is 2.25. The van der Waals surface area contributed by atoms with Crippen molar-refractivity contribution in [1.29, 1.82) is 0 Å². The molecular weight excluding hydrogens is 294 g/mol. The molecule has 0 saturated heterocycles. The Balaban J connectivity index is 1.69. The molecule has 116 valence electrons. The topological polar surface area (TPSA) is 82.7 Å². The lowest BCUT2D eigenvalue weighted by Gasteiger charge is -2.04. The molecule has 0 bridgehead atoms. The van der Waals surface area contributed by atoms with Crippen LogP contribution in [0.25, 0.3) is 11.3 Å². The molecule has 1 heterocycles. The number of carbonyl (C=O) groups is 1. The molecule has 2 aromatic carbocycles. The third-order valence-corrected chi connectivity index (χ3v) is 3.32. The van der Waals surface area contributed by atoms with Gasteiger partial charge < -0.3 is 19.9 Å². The zero-order valence-electron chi connectivity index (χ0n) is 12.2. The van der Waals surface area contributed by atoms with Crippen molar-refractivity contribution >= 4 is 5.91 Å². The van der Waals surface area contributed by atoms with Gasteiger partial charge in [-0.2, -0.15) is 0 Å². The van der Waals surface area contributed by atoms with Gasteiger partial charge in [-0.3, -0.25) is 4.79 Å². The van der Waals surface area contributed by atoms with Crippen molar-refractivity contribution in [3.63, 3.8) is 0 Å². The van der Waals surface area contributed by atoms with E-state index in [0.29, 0.717) is 11.3 Å². The Morgan fingerprint density at radius 2 is 1.70 bits per heavy atom. The highest BCUT2D eigenvalue weighted by Gasteiger charge is 2.12. The van der Waals surface area contributed by atoms with Crippen LogP contribution in [-0.4, -0.2) is 16.1 Å². The molecule has 0 aliphatic heterocycles. The van der Waals surface area contributed by atoms with Crippen molar-refractivity contribution in [1.82, 2.24) is 5.32 Å². The SMILES string of the molecule is O=C(NCc1cccc(O)c1)c1ccc(-c2cccc(O)c2)o1. The minimum absolute atomic E-state index is 0.133. The molecule has 0 atom stereocenters. The van der Waals surface area contributed by atoms with Crippen LogP contribution in [0.2, 0.25) is 0 Å². The number of nitrogens with one attached hydrogen (secondary N) is 1. The number of furan rings is 1. The number of rotatable bonds is 4. The molecule has 0 radical (unpaired) electrons. The Kier molecular flexibility index (Phi) is 4.01. The summed E-state index contributed by atoms with van der Waals surface area (Å²) in [6.07, 6.45) is 0. The summed E-state index contributed by atoms with van der Waals surface area (Å²) >= 11 is 0. The lowest BCUT2D eigenvalue weighted by Crippen LogP contribution is -2.22. The number of amides is 1. The molecule has 1 amide bonds. The van der Waals surface area contributed by atoms with Gasteiger partial charge in [-0.1, -0.05) is 24.3 Å². The maximum Gasteiger partial charge on any atom is 0.287 e. The van der Waals surface area contributed by atoms with Crippen molar-refractivity contribution in [3.8, 4) is 22.8 Å². The summed E-state index contributed by atoms with van der Waals surface area (Å²) in [5, 5.41) is 21.6. The molecule has 0 spiro atoms. The van der Waals surface area contributed by atoms with E-state index in [1.165, 1.54) is 0 Å². The van der Waals surface area contributed by atoms with Gasteiger partial charge in [0.15, 0.2) is 5.76 Å². The number of carbonyl (C=O) groups excluding carboxylic acids is 1. The number of hydrogen-bond donors (Lipinski definition) is 3. The van der Waals surface area contributed by atoms with E-state index in [2.05, 4.69) is 5.32 Å². The highest BCUT2D eigenvalue weighted by atomic mass is 16.4. The predicted molar refractivity (Wildman–Crippen MR) is 85.1 cm³/mol. The Morgan fingerprint density at radius 3 is 2.43 bits per heavy atom. The third kappa shape index (κ3) is 3.52. The van der Waals surface area contributed by atoms with E-state index in [1.807, 2.05) is 0 Å². The molecule has 5 heteroatoms. The zero-order chi connectivity index (χ0) is 16.2. The Labute approximate surface area is 132 Å². The molecule has 0 fully saturated rings. The fourth-order valence-corrected chi connectivity index (χ4v) is 2.21. The maximum absolute atomic E-state index is 12.1. The Morgan fingerprint density at radius 1 is 0.957 bits per heavy atom. The lowest BCUT2D eigenvalue weighted by molar-refractivity contribution is 0.0924. The summed E-state index contributed by atoms with van der Waals surface area (Å²) in [5.41, 5.74) is 1.48. The van der Waals surface area contributed by atoms with Crippen LogP contribution in [0.4, 0.5) is 0 Å². The molecule has 0 aliphatic carbocycles. The number of aromatic hydroxyl groups is 2. The average Bonchev–Trinajstić information content (AvgIpc) is 3.03. The Hall–Kier alpha value is -3.21. The molecule has 1 aromatic heterocycles. The number of phenols is 2. The standard InChI is InChI=1S/C18H15NO4/c20-14-5-1-3-12(9-14)11-19-18(22)17-8-7-16(23-17)13-4-2-6-15(21)10-13/h1-10,20-21H,11H2,(H,19,22). The van der Waals surface area contributed by atoms with E-state index in [9.17, 15) is 15.0 Å². The van der Waals surface area contributed by atoms with Gasteiger partial charge in [-0.05, 0) is 42.0 Å². The van der Waals surface area contributed by atoms with Gasteiger partial charge in [0.05, 0.1) is 0 Å². The average molecular weight is 309 g/mol. The van der Waals surface area contributed by atoms with E-state index < -0.39 is 0 Å². The second-order valence-electron chi connectivity index (χ2n) is 5.07. The normalized spacial score (nSPS) is 10.4. The van der Waals surface area contributed by atoms with E-state index >= 15 is 0 Å². The smallest absolute Gasteiger partial charge is 0.287 e. The van der Waals surface area contributed by atoms with Crippen LogP contribution in [0.5, 0.6) is 11.5 Å². The van der Waals surface area contributed by atoms with Crippen LogP contribution >= 0.6 is 0 Å². The summed E-state index contributed by atoms with van der Waals surface area (Å²) < 4.78 is 5.53. The monoisotopic (exact) mass is 309 g/mol. The minimum Gasteiger partial charge on any atom is -0.508 e. The first-order valence-corrected chi connectivity index (χ1v) is 7.07. The van der Waals surface area contributed by atoms with Crippen molar-refractivity contribution < 1.29 is 19.4 Å². The Bertz CT molecular complexity index is 838. The molecule has 0 saturated carbocycles. The summed E-state index contributed by atoms with van der Waals surface area (Å²) in [7, 11) is 0. The fraction of sp³-hybridized carbons (Fsp3) is 0.0556. The maximum atomic E-state index is 12.1. The lowest BCUT2D eigenvalue weighted by atomic mass is 10.2. The molecule has 3 aromatic rings. The van der Waals surface area contributed by atoms with Gasteiger partial charge >= 0.3 is 0 Å². The van der Waals surface area contributed by atoms with Crippen molar-refractivity contribution in [2.75, 3.05) is 0 Å². The van der Waals surface area contributed by atoms with Gasteiger partial charge in [0, 0.05) is 12.1 Å². The highest BCUT2D eigenvalue weighted by molar-refractivity contribution is 5.92. The van der Waals surface area contributed by atoms with E-state index in [-0.39, 0.29) is 29.7 Å². The molecule has 0 unspecified atom stereocenters. The van der Waals surface area contributed by atoms with E-state index in [1.54, 1.807) is 60.7 Å².